The van der Waals surface area contributed by atoms with Crippen molar-refractivity contribution in [2.45, 2.75) is 52.0 Å². The summed E-state index contributed by atoms with van der Waals surface area (Å²) in [5.74, 6) is 1.40. The number of carbonyl (C=O) groups excluding carboxylic acids is 2. The number of hydrogen-bond donors (Lipinski definition) is 3. The van der Waals surface area contributed by atoms with Crippen molar-refractivity contribution in [1.82, 2.24) is 20.9 Å². The molecule has 0 aromatic heterocycles. The predicted molar refractivity (Wildman–Crippen MR) is 106 cm³/mol. The first-order valence-electron chi connectivity index (χ1n) is 8.77. The van der Waals surface area contributed by atoms with Crippen LogP contribution in [0.1, 0.15) is 46.0 Å². The number of nitrogens with one attached hydrogen (secondary N) is 3. The molecular weight excluding hydrogens is 421 g/mol. The number of amides is 3. The number of guanidine groups is 1. The molecule has 0 spiro atoms. The summed E-state index contributed by atoms with van der Waals surface area (Å²) in [7, 11) is 0. The van der Waals surface area contributed by atoms with E-state index in [2.05, 4.69) is 27.9 Å². The maximum atomic E-state index is 11.5. The smallest absolute Gasteiger partial charge is 0.324 e. The minimum Gasteiger partial charge on any atom is -0.357 e. The van der Waals surface area contributed by atoms with Crippen LogP contribution in [0, 0.1) is 5.92 Å². The lowest BCUT2D eigenvalue weighted by Crippen LogP contribution is -2.45. The lowest BCUT2D eigenvalue weighted by molar-refractivity contribution is -0.124. The molecule has 24 heavy (non-hydrogen) atoms. The van der Waals surface area contributed by atoms with E-state index in [0.29, 0.717) is 19.1 Å². The van der Waals surface area contributed by atoms with Gasteiger partial charge in [-0.2, -0.15) is 0 Å². The summed E-state index contributed by atoms with van der Waals surface area (Å²) in [6, 6.07) is 0.143. The highest BCUT2D eigenvalue weighted by molar-refractivity contribution is 14.0. The van der Waals surface area contributed by atoms with Crippen molar-refractivity contribution in [3.63, 3.8) is 0 Å². The molecule has 0 radical (unpaired) electrons. The molecule has 2 atom stereocenters. The molecule has 3 N–H and O–H groups in total. The highest BCUT2D eigenvalue weighted by atomic mass is 127. The van der Waals surface area contributed by atoms with Gasteiger partial charge in [0.05, 0.1) is 19.6 Å². The van der Waals surface area contributed by atoms with Crippen LogP contribution in [0.5, 0.6) is 0 Å². The van der Waals surface area contributed by atoms with Gasteiger partial charge in [-0.05, 0) is 25.7 Å². The minimum absolute atomic E-state index is 0. The third-order valence-corrected chi connectivity index (χ3v) is 4.58. The number of hydrogen-bond acceptors (Lipinski definition) is 3. The second-order valence-electron chi connectivity index (χ2n) is 6.25. The van der Waals surface area contributed by atoms with E-state index in [1.807, 2.05) is 6.92 Å². The van der Waals surface area contributed by atoms with Crippen LogP contribution < -0.4 is 16.0 Å². The fourth-order valence-corrected chi connectivity index (χ4v) is 3.25. The second kappa shape index (κ2) is 10.7. The minimum atomic E-state index is -0.318. The Morgan fingerprint density at radius 2 is 2.12 bits per heavy atom. The molecule has 1 aliphatic heterocycles. The van der Waals surface area contributed by atoms with Gasteiger partial charge in [0.15, 0.2) is 5.96 Å². The fourth-order valence-electron chi connectivity index (χ4n) is 3.25. The van der Waals surface area contributed by atoms with Crippen molar-refractivity contribution in [2.24, 2.45) is 10.9 Å². The highest BCUT2D eigenvalue weighted by Gasteiger charge is 2.27. The maximum Gasteiger partial charge on any atom is 0.324 e. The molecule has 7 nitrogen and oxygen atoms in total. The summed E-state index contributed by atoms with van der Waals surface area (Å²) in [5.41, 5.74) is 0. The van der Waals surface area contributed by atoms with Gasteiger partial charge in [-0.3, -0.25) is 14.7 Å². The Bertz CT molecular complexity index is 442. The topological polar surface area (TPSA) is 85.8 Å². The first-order valence-corrected chi connectivity index (χ1v) is 8.77. The zero-order chi connectivity index (χ0) is 16.7. The number of urea groups is 1. The van der Waals surface area contributed by atoms with E-state index in [1.54, 1.807) is 0 Å². The molecule has 1 aliphatic carbocycles. The molecule has 0 bridgehead atoms. The van der Waals surface area contributed by atoms with Gasteiger partial charge in [0.1, 0.15) is 0 Å². The van der Waals surface area contributed by atoms with Crippen LogP contribution in [0.4, 0.5) is 4.79 Å². The molecule has 138 valence electrons. The van der Waals surface area contributed by atoms with Crippen LogP contribution in [0.15, 0.2) is 4.99 Å². The van der Waals surface area contributed by atoms with E-state index in [-0.39, 0.29) is 42.5 Å². The van der Waals surface area contributed by atoms with E-state index in [1.165, 1.54) is 37.0 Å². The zero-order valence-corrected chi connectivity index (χ0v) is 17.0. The fraction of sp³-hybridized carbons (Fsp3) is 0.812. The Hall–Kier alpha value is -1.06. The monoisotopic (exact) mass is 451 g/mol. The van der Waals surface area contributed by atoms with Crippen LogP contribution in [0.2, 0.25) is 0 Å². The number of rotatable bonds is 6. The van der Waals surface area contributed by atoms with Gasteiger partial charge in [0.2, 0.25) is 5.91 Å². The molecule has 8 heteroatoms. The van der Waals surface area contributed by atoms with E-state index in [9.17, 15) is 9.59 Å². The second-order valence-corrected chi connectivity index (χ2v) is 6.25. The third kappa shape index (κ3) is 6.10. The summed E-state index contributed by atoms with van der Waals surface area (Å²) < 4.78 is 0. The number of nitrogens with zero attached hydrogens (tertiary/aromatic N) is 2. The molecule has 2 unspecified atom stereocenters. The summed E-state index contributed by atoms with van der Waals surface area (Å²) in [4.78, 5) is 28.8. The molecule has 2 fully saturated rings. The van der Waals surface area contributed by atoms with Crippen LogP contribution in [-0.4, -0.2) is 55.0 Å². The summed E-state index contributed by atoms with van der Waals surface area (Å²) in [5, 5.41) is 9.27. The van der Waals surface area contributed by atoms with Gasteiger partial charge in [-0.1, -0.05) is 26.2 Å². The molecule has 1 heterocycles. The van der Waals surface area contributed by atoms with Gasteiger partial charge in [-0.25, -0.2) is 4.79 Å². The first-order chi connectivity index (χ1) is 11.1. The Kier molecular flexibility index (Phi) is 9.38. The van der Waals surface area contributed by atoms with Crippen molar-refractivity contribution in [2.75, 3.05) is 26.2 Å². The quantitative estimate of drug-likeness (QED) is 0.248. The molecule has 0 aromatic carbocycles. The Morgan fingerprint density at radius 3 is 2.75 bits per heavy atom. The Morgan fingerprint density at radius 1 is 1.33 bits per heavy atom. The number of aliphatic imine (C=N–C) groups is 1. The van der Waals surface area contributed by atoms with Gasteiger partial charge in [0.25, 0.3) is 0 Å². The van der Waals surface area contributed by atoms with E-state index >= 15 is 0 Å². The number of carbonyl (C=O) groups is 2. The Labute approximate surface area is 161 Å². The van der Waals surface area contributed by atoms with Crippen molar-refractivity contribution in [1.29, 1.82) is 0 Å². The largest absolute Gasteiger partial charge is 0.357 e. The average molecular weight is 451 g/mol. The molecular formula is C16H30IN5O2. The normalized spacial score (nSPS) is 24.4. The maximum absolute atomic E-state index is 11.5. The van der Waals surface area contributed by atoms with E-state index < -0.39 is 0 Å². The van der Waals surface area contributed by atoms with Crippen LogP contribution in [0.3, 0.4) is 0 Å². The summed E-state index contributed by atoms with van der Waals surface area (Å²) >= 11 is 0. The van der Waals surface area contributed by atoms with Crippen molar-refractivity contribution in [3.05, 3.63) is 0 Å². The van der Waals surface area contributed by atoms with Gasteiger partial charge in [0, 0.05) is 12.6 Å². The standard InChI is InChI=1S/C16H29N5O2.HI/c1-3-12-6-5-7-13(10-12)20-15(17-4-2)18-8-9-21-14(22)11-19-16(21)23;/h12-13H,3-11H2,1-2H3,(H,19,23)(H2,17,18,20);1H. The van der Waals surface area contributed by atoms with Crippen molar-refractivity contribution >= 4 is 41.9 Å². The van der Waals surface area contributed by atoms with Crippen molar-refractivity contribution in [3.8, 4) is 0 Å². The summed E-state index contributed by atoms with van der Waals surface area (Å²) in [6.45, 7) is 5.91. The molecule has 3 amide bonds. The SMILES string of the molecule is CCNC(=NCCN1C(=O)CNC1=O)NC1CCCC(CC)C1.I. The van der Waals surface area contributed by atoms with Crippen LogP contribution in [-0.2, 0) is 4.79 Å². The summed E-state index contributed by atoms with van der Waals surface area (Å²) in [6.07, 6.45) is 6.19. The van der Waals surface area contributed by atoms with Crippen LogP contribution >= 0.6 is 24.0 Å². The van der Waals surface area contributed by atoms with Gasteiger partial charge < -0.3 is 16.0 Å². The molecule has 1 saturated heterocycles. The Balaban J connectivity index is 0.00000288. The molecule has 2 rings (SSSR count). The predicted octanol–water partition coefficient (Wildman–Crippen LogP) is 1.68. The van der Waals surface area contributed by atoms with Gasteiger partial charge in [-0.15, -0.1) is 24.0 Å². The van der Waals surface area contributed by atoms with Crippen molar-refractivity contribution < 1.29 is 9.59 Å². The van der Waals surface area contributed by atoms with Crippen LogP contribution in [0.25, 0.3) is 0 Å². The van der Waals surface area contributed by atoms with E-state index in [4.69, 9.17) is 0 Å². The zero-order valence-electron chi connectivity index (χ0n) is 14.6. The number of imide groups is 1. The average Bonchev–Trinajstić information content (AvgIpc) is 2.87. The van der Waals surface area contributed by atoms with E-state index in [0.717, 1.165) is 18.4 Å². The number of halogens is 1. The lowest BCUT2D eigenvalue weighted by Gasteiger charge is -2.30. The lowest BCUT2D eigenvalue weighted by atomic mass is 9.84. The van der Waals surface area contributed by atoms with Gasteiger partial charge >= 0.3 is 6.03 Å². The third-order valence-electron chi connectivity index (χ3n) is 4.58. The molecule has 1 saturated carbocycles. The highest BCUT2D eigenvalue weighted by Crippen LogP contribution is 2.26. The molecule has 2 aliphatic rings. The molecule has 0 aromatic rings. The first kappa shape index (κ1) is 21.0.